The predicted molar refractivity (Wildman–Crippen MR) is 113 cm³/mol. The van der Waals surface area contributed by atoms with Gasteiger partial charge in [-0.15, -0.1) is 0 Å². The van der Waals surface area contributed by atoms with Crippen LogP contribution in [0.5, 0.6) is 11.5 Å². The van der Waals surface area contributed by atoms with Gasteiger partial charge in [-0.3, -0.25) is 19.2 Å². The number of hydrogen-bond donors (Lipinski definition) is 1. The largest absolute Gasteiger partial charge is 0.497 e. The maximum atomic E-state index is 13.0. The Kier molecular flexibility index (Phi) is 7.22. The molecule has 2 aromatic rings. The van der Waals surface area contributed by atoms with Crippen LogP contribution in [0.1, 0.15) is 13.3 Å². The van der Waals surface area contributed by atoms with Crippen LogP contribution in [-0.2, 0) is 14.8 Å². The Bertz CT molecular complexity index is 1040. The van der Waals surface area contributed by atoms with E-state index in [1.165, 1.54) is 32.4 Å². The number of hydrogen-bond acceptors (Lipinski definition) is 7. The van der Waals surface area contributed by atoms with Crippen molar-refractivity contribution in [2.75, 3.05) is 30.1 Å². The summed E-state index contributed by atoms with van der Waals surface area (Å²) in [6, 6.07) is 8.76. The van der Waals surface area contributed by atoms with Gasteiger partial charge in [-0.25, -0.2) is 8.42 Å². The number of carbonyl (C=O) groups excluding carboxylic acids is 1. The molecule has 0 saturated carbocycles. The van der Waals surface area contributed by atoms with Gasteiger partial charge in [0.2, 0.25) is 15.9 Å². The highest BCUT2D eigenvalue weighted by Gasteiger charge is 2.32. The normalized spacial score (nSPS) is 12.0. The van der Waals surface area contributed by atoms with Crippen molar-refractivity contribution in [3.05, 3.63) is 52.6 Å². The molecule has 1 amide bonds. The molecular formula is C19H23N3O7S. The first-order chi connectivity index (χ1) is 14.1. The Morgan fingerprint density at radius 2 is 1.90 bits per heavy atom. The van der Waals surface area contributed by atoms with Gasteiger partial charge in [-0.05, 0) is 24.6 Å². The molecule has 2 aromatic carbocycles. The summed E-state index contributed by atoms with van der Waals surface area (Å²) in [5.74, 6) is 0.207. The van der Waals surface area contributed by atoms with E-state index in [4.69, 9.17) is 9.47 Å². The van der Waals surface area contributed by atoms with Crippen molar-refractivity contribution in [3.8, 4) is 11.5 Å². The molecule has 0 spiro atoms. The first kappa shape index (κ1) is 22.9. The molecule has 0 aromatic heterocycles. The Hall–Kier alpha value is -3.34. The van der Waals surface area contributed by atoms with E-state index < -0.39 is 26.9 Å². The molecule has 1 atom stereocenters. The molecule has 0 aliphatic heterocycles. The Morgan fingerprint density at radius 1 is 1.20 bits per heavy atom. The minimum absolute atomic E-state index is 0.0197. The van der Waals surface area contributed by atoms with Crippen molar-refractivity contribution in [1.29, 1.82) is 0 Å². The van der Waals surface area contributed by atoms with Crippen LogP contribution < -0.4 is 19.1 Å². The van der Waals surface area contributed by atoms with E-state index in [0.29, 0.717) is 17.2 Å². The zero-order chi connectivity index (χ0) is 22.5. The van der Waals surface area contributed by atoms with Crippen molar-refractivity contribution in [3.63, 3.8) is 0 Å². The van der Waals surface area contributed by atoms with Crippen molar-refractivity contribution in [2.24, 2.45) is 0 Å². The number of non-ortho nitro benzene ring substituents is 1. The lowest BCUT2D eigenvalue weighted by Gasteiger charge is -2.30. The molecule has 30 heavy (non-hydrogen) atoms. The number of nitro groups is 1. The summed E-state index contributed by atoms with van der Waals surface area (Å²) in [6.45, 7) is 1.64. The van der Waals surface area contributed by atoms with E-state index in [-0.39, 0.29) is 17.8 Å². The van der Waals surface area contributed by atoms with E-state index in [1.807, 2.05) is 0 Å². The number of rotatable bonds is 9. The molecule has 2 rings (SSSR count). The van der Waals surface area contributed by atoms with Crippen LogP contribution in [0.4, 0.5) is 17.1 Å². The fourth-order valence-electron chi connectivity index (χ4n) is 2.93. The highest BCUT2D eigenvalue weighted by molar-refractivity contribution is 7.92. The molecule has 0 aliphatic rings. The van der Waals surface area contributed by atoms with Gasteiger partial charge >= 0.3 is 0 Å². The average molecular weight is 437 g/mol. The van der Waals surface area contributed by atoms with Gasteiger partial charge in [0.05, 0.1) is 36.8 Å². The van der Waals surface area contributed by atoms with Crippen LogP contribution >= 0.6 is 0 Å². The summed E-state index contributed by atoms with van der Waals surface area (Å²) >= 11 is 0. The van der Waals surface area contributed by atoms with E-state index in [1.54, 1.807) is 25.1 Å². The maximum absolute atomic E-state index is 13.0. The molecule has 0 bridgehead atoms. The Labute approximate surface area is 174 Å². The van der Waals surface area contributed by atoms with Gasteiger partial charge in [0.1, 0.15) is 17.5 Å². The molecule has 0 unspecified atom stereocenters. The number of methoxy groups -OCH3 is 2. The number of nitrogens with one attached hydrogen (secondary N) is 1. The summed E-state index contributed by atoms with van der Waals surface area (Å²) in [5.41, 5.74) is 0.0324. The molecule has 10 nitrogen and oxygen atoms in total. The smallest absolute Gasteiger partial charge is 0.271 e. The molecule has 0 aliphatic carbocycles. The Morgan fingerprint density at radius 3 is 2.43 bits per heavy atom. The molecule has 162 valence electrons. The summed E-state index contributed by atoms with van der Waals surface area (Å²) in [4.78, 5) is 23.5. The van der Waals surface area contributed by atoms with Crippen molar-refractivity contribution in [2.45, 2.75) is 19.4 Å². The summed E-state index contributed by atoms with van der Waals surface area (Å²) < 4.78 is 36.3. The van der Waals surface area contributed by atoms with Crippen LogP contribution in [-0.4, -0.2) is 45.8 Å². The number of ether oxygens (including phenoxy) is 2. The summed E-state index contributed by atoms with van der Waals surface area (Å²) in [5, 5.41) is 13.8. The molecule has 1 N–H and O–H groups in total. The number of sulfonamides is 1. The molecule has 0 radical (unpaired) electrons. The van der Waals surface area contributed by atoms with Gasteiger partial charge in [-0.2, -0.15) is 0 Å². The fraction of sp³-hybridized carbons (Fsp3) is 0.316. The van der Waals surface area contributed by atoms with Crippen LogP contribution in [0.3, 0.4) is 0 Å². The number of anilines is 2. The number of carbonyl (C=O) groups is 1. The van der Waals surface area contributed by atoms with Gasteiger partial charge in [0.25, 0.3) is 5.69 Å². The van der Waals surface area contributed by atoms with Gasteiger partial charge < -0.3 is 14.8 Å². The van der Waals surface area contributed by atoms with E-state index in [0.717, 1.165) is 16.6 Å². The van der Waals surface area contributed by atoms with Crippen LogP contribution in [0.2, 0.25) is 0 Å². The third-order valence-electron chi connectivity index (χ3n) is 4.29. The first-order valence-corrected chi connectivity index (χ1v) is 10.7. The fourth-order valence-corrected chi connectivity index (χ4v) is 4.14. The molecule has 11 heteroatoms. The Balaban J connectivity index is 2.47. The minimum atomic E-state index is -3.94. The third-order valence-corrected chi connectivity index (χ3v) is 5.47. The van der Waals surface area contributed by atoms with E-state index in [2.05, 4.69) is 5.32 Å². The zero-order valence-corrected chi connectivity index (χ0v) is 17.8. The summed E-state index contributed by atoms with van der Waals surface area (Å²) in [6.07, 6.45) is 1.06. The number of nitrogens with zero attached hydrogens (tertiary/aromatic N) is 2. The van der Waals surface area contributed by atoms with Crippen molar-refractivity contribution >= 4 is 33.0 Å². The van der Waals surface area contributed by atoms with Gasteiger partial charge in [-0.1, -0.05) is 13.0 Å². The topological polar surface area (TPSA) is 128 Å². The van der Waals surface area contributed by atoms with E-state index >= 15 is 0 Å². The van der Waals surface area contributed by atoms with E-state index in [9.17, 15) is 23.3 Å². The zero-order valence-electron chi connectivity index (χ0n) is 17.0. The highest BCUT2D eigenvalue weighted by Crippen LogP contribution is 2.31. The maximum Gasteiger partial charge on any atom is 0.271 e. The third kappa shape index (κ3) is 5.17. The number of benzene rings is 2. The molecule has 0 fully saturated rings. The first-order valence-electron chi connectivity index (χ1n) is 8.89. The van der Waals surface area contributed by atoms with Crippen LogP contribution in [0.15, 0.2) is 42.5 Å². The lowest BCUT2D eigenvalue weighted by atomic mass is 10.1. The van der Waals surface area contributed by atoms with Gasteiger partial charge in [0.15, 0.2) is 0 Å². The number of amides is 1. The predicted octanol–water partition coefficient (Wildman–Crippen LogP) is 2.80. The standard InChI is InChI=1S/C19H23N3O7S/c1-5-17(19(23)20-16-12-15(28-2)9-10-18(16)29-3)21(30(4,26)27)13-7-6-8-14(11-13)22(24)25/h6-12,17H,5H2,1-4H3,(H,20,23)/t17-/m1/s1. The number of nitro benzene ring substituents is 1. The lowest BCUT2D eigenvalue weighted by molar-refractivity contribution is -0.384. The van der Waals surface area contributed by atoms with Crippen LogP contribution in [0, 0.1) is 10.1 Å². The summed E-state index contributed by atoms with van der Waals surface area (Å²) in [7, 11) is -1.04. The SMILES string of the molecule is CC[C@H](C(=O)Nc1cc(OC)ccc1OC)N(c1cccc([N+](=O)[O-])c1)S(C)(=O)=O. The minimum Gasteiger partial charge on any atom is -0.497 e. The molecule has 0 saturated heterocycles. The quantitative estimate of drug-likeness (QED) is 0.472. The average Bonchev–Trinajstić information content (AvgIpc) is 2.70. The second-order valence-electron chi connectivity index (χ2n) is 6.32. The van der Waals surface area contributed by atoms with Crippen molar-refractivity contribution in [1.82, 2.24) is 0 Å². The lowest BCUT2D eigenvalue weighted by Crippen LogP contribution is -2.47. The second-order valence-corrected chi connectivity index (χ2v) is 8.17. The second kappa shape index (κ2) is 9.44. The molecular weight excluding hydrogens is 414 g/mol. The van der Waals surface area contributed by atoms with Gasteiger partial charge in [0, 0.05) is 18.2 Å². The monoisotopic (exact) mass is 437 g/mol. The van der Waals surface area contributed by atoms with Crippen molar-refractivity contribution < 1.29 is 27.6 Å². The molecule has 0 heterocycles. The van der Waals surface area contributed by atoms with Crippen LogP contribution in [0.25, 0.3) is 0 Å². The highest BCUT2D eigenvalue weighted by atomic mass is 32.2.